The van der Waals surface area contributed by atoms with E-state index in [-0.39, 0.29) is 22.6 Å². The van der Waals surface area contributed by atoms with Crippen LogP contribution in [-0.4, -0.2) is 26.1 Å². The van der Waals surface area contributed by atoms with Gasteiger partial charge in [0, 0.05) is 0 Å². The van der Waals surface area contributed by atoms with E-state index >= 15 is 0 Å². The van der Waals surface area contributed by atoms with Crippen LogP contribution in [0.15, 0.2) is 23.0 Å². The van der Waals surface area contributed by atoms with Crippen LogP contribution in [0.4, 0.5) is 22.0 Å². The lowest BCUT2D eigenvalue weighted by molar-refractivity contribution is -0.275. The average molecular weight is 414 g/mol. The van der Waals surface area contributed by atoms with Crippen LogP contribution in [-0.2, 0) is 6.67 Å². The molecule has 1 atom stereocenters. The molecule has 1 aliphatic rings. The Labute approximate surface area is 160 Å². The van der Waals surface area contributed by atoms with Crippen molar-refractivity contribution in [1.29, 1.82) is 0 Å². The van der Waals surface area contributed by atoms with Crippen molar-refractivity contribution in [3.8, 4) is 5.75 Å². The molecular weight excluding hydrogens is 399 g/mol. The van der Waals surface area contributed by atoms with Crippen LogP contribution in [0.25, 0.3) is 11.0 Å². The molecule has 0 amide bonds. The lowest BCUT2D eigenvalue weighted by Gasteiger charge is -2.19. The fraction of sp³-hybridized carbons (Fsp3) is 0.389. The second kappa shape index (κ2) is 6.82. The summed E-state index contributed by atoms with van der Waals surface area (Å²) in [5.41, 5.74) is -0.168. The lowest BCUT2D eigenvalue weighted by Crippen LogP contribution is -2.19. The Balaban J connectivity index is 1.84. The molecule has 11 heteroatoms. The molecule has 1 aliphatic carbocycles. The maximum absolute atomic E-state index is 14.3. The Bertz CT molecular complexity index is 1130. The van der Waals surface area contributed by atoms with E-state index < -0.39 is 36.2 Å². The second-order valence-corrected chi connectivity index (χ2v) is 6.89. The predicted octanol–water partition coefficient (Wildman–Crippen LogP) is 3.93. The maximum atomic E-state index is 14.3. The first-order chi connectivity index (χ1) is 13.7. The zero-order valence-corrected chi connectivity index (χ0v) is 15.1. The zero-order valence-electron chi connectivity index (χ0n) is 15.1. The highest BCUT2D eigenvalue weighted by atomic mass is 19.4. The number of rotatable bonds is 5. The number of nitrogens with one attached hydrogen (secondary N) is 1. The molecule has 29 heavy (non-hydrogen) atoms. The number of benzene rings is 1. The van der Waals surface area contributed by atoms with Gasteiger partial charge in [-0.05, 0) is 43.4 Å². The highest BCUT2D eigenvalue weighted by Crippen LogP contribution is 2.45. The molecule has 1 N–H and O–H groups in total. The summed E-state index contributed by atoms with van der Waals surface area (Å²) in [6, 6.07) is 2.52. The standard InChI is InChI=1S/C18H15F5N4O2/c1-8-24-16-14(17(28)25-8)12(7-19)26-27(16)15(9-2-3-9)10-4-5-13(11(20)6-10)29-18(21,22)23/h4-6,9,15H,2-3,7H2,1H3,(H,24,25,28)/t15-/m1/s1. The van der Waals surface area contributed by atoms with E-state index in [0.717, 1.165) is 25.0 Å². The number of hydrogen-bond donors (Lipinski definition) is 1. The van der Waals surface area contributed by atoms with Crippen molar-refractivity contribution in [3.63, 3.8) is 0 Å². The highest BCUT2D eigenvalue weighted by molar-refractivity contribution is 5.77. The molecule has 2 heterocycles. The van der Waals surface area contributed by atoms with Crippen molar-refractivity contribution in [2.24, 2.45) is 5.92 Å². The average Bonchev–Trinajstić information content (AvgIpc) is 3.38. The fourth-order valence-electron chi connectivity index (χ4n) is 3.45. The van der Waals surface area contributed by atoms with Crippen LogP contribution in [0, 0.1) is 18.7 Å². The lowest BCUT2D eigenvalue weighted by atomic mass is 10.0. The zero-order chi connectivity index (χ0) is 20.9. The molecule has 2 aromatic heterocycles. The van der Waals surface area contributed by atoms with Gasteiger partial charge in [-0.25, -0.2) is 18.4 Å². The van der Waals surface area contributed by atoms with Crippen molar-refractivity contribution in [1.82, 2.24) is 19.7 Å². The van der Waals surface area contributed by atoms with Gasteiger partial charge in [0.25, 0.3) is 5.56 Å². The minimum absolute atomic E-state index is 0.000685. The quantitative estimate of drug-likeness (QED) is 0.642. The summed E-state index contributed by atoms with van der Waals surface area (Å²) in [7, 11) is 0. The van der Waals surface area contributed by atoms with Gasteiger partial charge in [0.1, 0.15) is 23.6 Å². The van der Waals surface area contributed by atoms with Crippen molar-refractivity contribution in [3.05, 3.63) is 51.5 Å². The first-order valence-electron chi connectivity index (χ1n) is 8.77. The molecule has 1 fully saturated rings. The normalized spacial score (nSPS) is 15.7. The van der Waals surface area contributed by atoms with Crippen molar-refractivity contribution in [2.75, 3.05) is 0 Å². The molecule has 0 bridgehead atoms. The number of halogens is 5. The number of ether oxygens (including phenoxy) is 1. The van der Waals surface area contributed by atoms with Crippen LogP contribution in [0.3, 0.4) is 0 Å². The van der Waals surface area contributed by atoms with E-state index in [0.29, 0.717) is 11.4 Å². The third kappa shape index (κ3) is 3.68. The van der Waals surface area contributed by atoms with Gasteiger partial charge in [0.2, 0.25) is 0 Å². The highest BCUT2D eigenvalue weighted by Gasteiger charge is 2.37. The Morgan fingerprint density at radius 1 is 1.34 bits per heavy atom. The summed E-state index contributed by atoms with van der Waals surface area (Å²) in [6.45, 7) is 0.559. The van der Waals surface area contributed by atoms with Gasteiger partial charge in [-0.3, -0.25) is 4.79 Å². The van der Waals surface area contributed by atoms with Crippen LogP contribution in [0.2, 0.25) is 0 Å². The van der Waals surface area contributed by atoms with E-state index in [1.807, 2.05) is 0 Å². The van der Waals surface area contributed by atoms with Gasteiger partial charge < -0.3 is 9.72 Å². The van der Waals surface area contributed by atoms with Crippen LogP contribution < -0.4 is 10.3 Å². The summed E-state index contributed by atoms with van der Waals surface area (Å²) >= 11 is 0. The Morgan fingerprint density at radius 2 is 2.07 bits per heavy atom. The Hall–Kier alpha value is -2.98. The number of aromatic amines is 1. The minimum atomic E-state index is -5.02. The van der Waals surface area contributed by atoms with Gasteiger partial charge >= 0.3 is 6.36 Å². The summed E-state index contributed by atoms with van der Waals surface area (Å²) < 4.78 is 70.0. The number of aromatic nitrogens is 4. The topological polar surface area (TPSA) is 72.8 Å². The molecule has 0 saturated heterocycles. The molecule has 0 aliphatic heterocycles. The summed E-state index contributed by atoms with van der Waals surface area (Å²) in [5, 5.41) is 4.19. The first-order valence-corrected chi connectivity index (χ1v) is 8.77. The van der Waals surface area contributed by atoms with Crippen LogP contribution in [0.1, 0.15) is 36.0 Å². The molecule has 154 valence electrons. The first kappa shape index (κ1) is 19.3. The number of aryl methyl sites for hydroxylation is 1. The monoisotopic (exact) mass is 414 g/mol. The summed E-state index contributed by atoms with van der Waals surface area (Å²) in [4.78, 5) is 19.0. The number of fused-ring (bicyclic) bond motifs is 1. The van der Waals surface area contributed by atoms with E-state index in [2.05, 4.69) is 19.8 Å². The van der Waals surface area contributed by atoms with E-state index in [1.165, 1.54) is 10.7 Å². The van der Waals surface area contributed by atoms with Gasteiger partial charge in [0.05, 0.1) is 6.04 Å². The van der Waals surface area contributed by atoms with Crippen molar-refractivity contribution in [2.45, 2.75) is 38.8 Å². The molecule has 0 unspecified atom stereocenters. The number of hydrogen-bond acceptors (Lipinski definition) is 4. The molecule has 0 spiro atoms. The predicted molar refractivity (Wildman–Crippen MR) is 91.6 cm³/mol. The van der Waals surface area contributed by atoms with E-state index in [1.54, 1.807) is 6.92 Å². The van der Waals surface area contributed by atoms with E-state index in [4.69, 9.17) is 0 Å². The summed E-state index contributed by atoms with van der Waals surface area (Å²) in [5.74, 6) is -1.84. The molecular formula is C18H15F5N4O2. The molecule has 1 saturated carbocycles. The maximum Gasteiger partial charge on any atom is 0.573 e. The third-order valence-corrected chi connectivity index (χ3v) is 4.73. The molecule has 1 aromatic carbocycles. The Kier molecular flexibility index (Phi) is 4.55. The van der Waals surface area contributed by atoms with E-state index in [9.17, 15) is 26.7 Å². The number of alkyl halides is 4. The number of nitrogens with zero attached hydrogens (tertiary/aromatic N) is 3. The fourth-order valence-corrected chi connectivity index (χ4v) is 3.45. The summed E-state index contributed by atoms with van der Waals surface area (Å²) in [6.07, 6.45) is -3.49. The smallest absolute Gasteiger partial charge is 0.403 e. The SMILES string of the molecule is Cc1nc2c(c(CF)nn2[C@@H](c2ccc(OC(F)(F)F)c(F)c2)C2CC2)c(=O)[nH]1. The number of H-pyrrole nitrogens is 1. The second-order valence-electron chi connectivity index (χ2n) is 6.89. The molecule has 4 rings (SSSR count). The largest absolute Gasteiger partial charge is 0.573 e. The van der Waals surface area contributed by atoms with Crippen LogP contribution >= 0.6 is 0 Å². The van der Waals surface area contributed by atoms with Gasteiger partial charge in [-0.2, -0.15) is 5.10 Å². The third-order valence-electron chi connectivity index (χ3n) is 4.73. The molecule has 6 nitrogen and oxygen atoms in total. The van der Waals surface area contributed by atoms with Crippen LogP contribution in [0.5, 0.6) is 5.75 Å². The van der Waals surface area contributed by atoms with Crippen molar-refractivity contribution >= 4 is 11.0 Å². The molecule has 0 radical (unpaired) electrons. The van der Waals surface area contributed by atoms with Gasteiger partial charge in [0.15, 0.2) is 17.2 Å². The van der Waals surface area contributed by atoms with Gasteiger partial charge in [-0.1, -0.05) is 6.07 Å². The minimum Gasteiger partial charge on any atom is -0.403 e. The Morgan fingerprint density at radius 3 is 2.66 bits per heavy atom. The van der Waals surface area contributed by atoms with Crippen molar-refractivity contribution < 1.29 is 26.7 Å². The van der Waals surface area contributed by atoms with Gasteiger partial charge in [-0.15, -0.1) is 13.2 Å². The molecule has 3 aromatic rings.